The third kappa shape index (κ3) is 1.98. The second-order valence-corrected chi connectivity index (χ2v) is 7.09. The van der Waals surface area contributed by atoms with Gasteiger partial charge in [-0.1, -0.05) is 11.3 Å². The van der Waals surface area contributed by atoms with Gasteiger partial charge in [0.1, 0.15) is 22.5 Å². The molecule has 2 heterocycles. The Morgan fingerprint density at radius 1 is 1.14 bits per heavy atom. The van der Waals surface area contributed by atoms with E-state index in [0.717, 1.165) is 10.5 Å². The Labute approximate surface area is 157 Å². The quantitative estimate of drug-likeness (QED) is 0.493. The fraction of sp³-hybridized carbons (Fsp3) is 0.263. The number of hydrogen-bond acceptors (Lipinski definition) is 6. The van der Waals surface area contributed by atoms with E-state index < -0.39 is 29.4 Å². The van der Waals surface area contributed by atoms with E-state index in [1.54, 1.807) is 6.07 Å². The first-order valence-corrected chi connectivity index (χ1v) is 8.83. The van der Waals surface area contributed by atoms with Crippen LogP contribution in [-0.2, 0) is 13.5 Å². The summed E-state index contributed by atoms with van der Waals surface area (Å²) in [5, 5.41) is 28.7. The number of aromatic hydroxyl groups is 2. The molecule has 0 bridgehead atoms. The highest BCUT2D eigenvalue weighted by Gasteiger charge is 2.46. The van der Waals surface area contributed by atoms with Crippen LogP contribution < -0.4 is 0 Å². The number of carbonyl (C=O) groups excluding carboxylic acids is 2. The van der Waals surface area contributed by atoms with E-state index in [9.17, 15) is 24.2 Å². The molecule has 0 saturated heterocycles. The lowest BCUT2D eigenvalue weighted by molar-refractivity contribution is 0.0565. The Morgan fingerprint density at radius 2 is 1.86 bits per heavy atom. The fourth-order valence-corrected chi connectivity index (χ4v) is 4.31. The van der Waals surface area contributed by atoms with Crippen LogP contribution in [0.3, 0.4) is 0 Å². The van der Waals surface area contributed by atoms with Crippen molar-refractivity contribution in [2.75, 3.05) is 0 Å². The molecule has 2 aromatic carbocycles. The van der Waals surface area contributed by atoms with Crippen LogP contribution in [0.1, 0.15) is 50.7 Å². The largest absolute Gasteiger partial charge is 0.505 e. The smallest absolute Gasteiger partial charge is 0.266 e. The van der Waals surface area contributed by atoms with Crippen molar-refractivity contribution in [1.82, 2.24) is 19.9 Å². The number of phenolic OH excluding ortho intramolecular Hbond substituents is 2. The van der Waals surface area contributed by atoms with Crippen LogP contribution in [0, 0.1) is 5.82 Å². The number of phenols is 2. The Kier molecular flexibility index (Phi) is 3.28. The number of imide groups is 1. The number of benzene rings is 2. The first-order chi connectivity index (χ1) is 13.4. The second-order valence-electron chi connectivity index (χ2n) is 7.09. The van der Waals surface area contributed by atoms with Crippen molar-refractivity contribution >= 4 is 22.8 Å². The molecule has 0 radical (unpaired) electrons. The van der Waals surface area contributed by atoms with Gasteiger partial charge in [-0.25, -0.2) is 9.07 Å². The molecule has 3 aromatic rings. The van der Waals surface area contributed by atoms with Crippen molar-refractivity contribution in [3.05, 3.63) is 46.3 Å². The number of fused-ring (bicyclic) bond motifs is 3. The summed E-state index contributed by atoms with van der Waals surface area (Å²) in [7, 11) is 1.51. The van der Waals surface area contributed by atoms with Gasteiger partial charge in [-0.2, -0.15) is 0 Å². The summed E-state index contributed by atoms with van der Waals surface area (Å²) in [5.41, 5.74) is 0.945. The van der Waals surface area contributed by atoms with Crippen LogP contribution in [0.5, 0.6) is 11.5 Å². The molecule has 1 unspecified atom stereocenters. The SMILES string of the molecule is Cn1nnc2c(O)c3c(c(O)c21)C(=O)N(C1CCCc2cc(F)ccc21)C3=O. The summed E-state index contributed by atoms with van der Waals surface area (Å²) in [5.74, 6) is -2.69. The number of amides is 2. The van der Waals surface area contributed by atoms with E-state index in [1.165, 1.54) is 23.9 Å². The number of hydrogen-bond donors (Lipinski definition) is 2. The molecule has 0 saturated carbocycles. The molecule has 2 aliphatic rings. The molecule has 1 aromatic heterocycles. The Hall–Kier alpha value is -3.49. The maximum Gasteiger partial charge on any atom is 0.266 e. The Balaban J connectivity index is 1.70. The van der Waals surface area contributed by atoms with E-state index in [2.05, 4.69) is 10.3 Å². The number of halogens is 1. The molecule has 5 rings (SSSR count). The number of carbonyl (C=O) groups is 2. The molecular weight excluding hydrogens is 367 g/mol. The van der Waals surface area contributed by atoms with Crippen molar-refractivity contribution in [2.45, 2.75) is 25.3 Å². The molecule has 0 fully saturated rings. The second kappa shape index (κ2) is 5.51. The van der Waals surface area contributed by atoms with Crippen LogP contribution in [0.2, 0.25) is 0 Å². The summed E-state index contributed by atoms with van der Waals surface area (Å²) >= 11 is 0. The highest BCUT2D eigenvalue weighted by molar-refractivity contribution is 6.26. The van der Waals surface area contributed by atoms with Crippen LogP contribution >= 0.6 is 0 Å². The fourth-order valence-electron chi connectivity index (χ4n) is 4.31. The molecule has 28 heavy (non-hydrogen) atoms. The standard InChI is InChI=1S/C19H15FN4O4/c1-23-15-14(21-22-23)16(25)12-13(17(15)26)19(28)24(18(12)27)11-4-2-3-8-7-9(20)5-6-10(8)11/h5-7,11,25-26H,2-4H2,1H3. The number of aryl methyl sites for hydroxylation is 2. The first kappa shape index (κ1) is 16.7. The minimum absolute atomic E-state index is 0.0483. The van der Waals surface area contributed by atoms with Crippen molar-refractivity contribution in [3.63, 3.8) is 0 Å². The van der Waals surface area contributed by atoms with E-state index in [4.69, 9.17) is 0 Å². The van der Waals surface area contributed by atoms with Gasteiger partial charge in [0.15, 0.2) is 17.0 Å². The lowest BCUT2D eigenvalue weighted by atomic mass is 9.86. The van der Waals surface area contributed by atoms with Gasteiger partial charge >= 0.3 is 0 Å². The number of aromatic nitrogens is 3. The minimum atomic E-state index is -0.706. The average Bonchev–Trinajstić information content (AvgIpc) is 3.17. The van der Waals surface area contributed by atoms with Crippen LogP contribution in [0.4, 0.5) is 4.39 Å². The van der Waals surface area contributed by atoms with Crippen LogP contribution in [0.15, 0.2) is 18.2 Å². The van der Waals surface area contributed by atoms with Gasteiger partial charge < -0.3 is 10.2 Å². The molecule has 1 aliphatic carbocycles. The molecule has 1 aliphatic heterocycles. The van der Waals surface area contributed by atoms with Crippen molar-refractivity contribution in [1.29, 1.82) is 0 Å². The molecule has 8 nitrogen and oxygen atoms in total. The molecule has 142 valence electrons. The summed E-state index contributed by atoms with van der Waals surface area (Å²) in [6, 6.07) is 3.71. The molecule has 2 amide bonds. The maximum absolute atomic E-state index is 13.6. The van der Waals surface area contributed by atoms with E-state index >= 15 is 0 Å². The van der Waals surface area contributed by atoms with Gasteiger partial charge in [0.25, 0.3) is 11.8 Å². The Morgan fingerprint density at radius 3 is 2.61 bits per heavy atom. The van der Waals surface area contributed by atoms with Gasteiger partial charge in [-0.15, -0.1) is 5.10 Å². The minimum Gasteiger partial charge on any atom is -0.505 e. The monoisotopic (exact) mass is 382 g/mol. The molecule has 9 heteroatoms. The highest BCUT2D eigenvalue weighted by Crippen LogP contribution is 2.46. The summed E-state index contributed by atoms with van der Waals surface area (Å²) < 4.78 is 14.8. The third-order valence-electron chi connectivity index (χ3n) is 5.56. The zero-order valence-corrected chi connectivity index (χ0v) is 14.8. The Bertz CT molecular complexity index is 1200. The molecular formula is C19H15FN4O4. The van der Waals surface area contributed by atoms with Crippen LogP contribution in [0.25, 0.3) is 11.0 Å². The molecule has 0 spiro atoms. The summed E-state index contributed by atoms with van der Waals surface area (Å²) in [4.78, 5) is 27.3. The van der Waals surface area contributed by atoms with Crippen molar-refractivity contribution in [3.8, 4) is 11.5 Å². The normalized spacial score (nSPS) is 18.6. The van der Waals surface area contributed by atoms with Gasteiger partial charge in [-0.05, 0) is 42.5 Å². The summed E-state index contributed by atoms with van der Waals surface area (Å²) in [6.07, 6.45) is 1.85. The number of nitrogens with zero attached hydrogens (tertiary/aromatic N) is 4. The highest BCUT2D eigenvalue weighted by atomic mass is 19.1. The zero-order valence-electron chi connectivity index (χ0n) is 14.8. The van der Waals surface area contributed by atoms with Gasteiger partial charge in [0.2, 0.25) is 0 Å². The average molecular weight is 382 g/mol. The molecule has 1 atom stereocenters. The van der Waals surface area contributed by atoms with Crippen LogP contribution in [-0.4, -0.2) is 41.9 Å². The van der Waals surface area contributed by atoms with Crippen molar-refractivity contribution in [2.24, 2.45) is 7.05 Å². The van der Waals surface area contributed by atoms with Crippen molar-refractivity contribution < 1.29 is 24.2 Å². The predicted molar refractivity (Wildman–Crippen MR) is 94.4 cm³/mol. The number of rotatable bonds is 1. The topological polar surface area (TPSA) is 109 Å². The van der Waals surface area contributed by atoms with Gasteiger partial charge in [0.05, 0.1) is 6.04 Å². The van der Waals surface area contributed by atoms with Gasteiger partial charge in [-0.3, -0.25) is 14.5 Å². The van der Waals surface area contributed by atoms with Gasteiger partial charge in [0, 0.05) is 7.05 Å². The predicted octanol–water partition coefficient (Wildman–Crippen LogP) is 2.19. The lowest BCUT2D eigenvalue weighted by Crippen LogP contribution is -2.36. The van der Waals surface area contributed by atoms with E-state index in [-0.39, 0.29) is 28.0 Å². The zero-order chi connectivity index (χ0) is 19.7. The van der Waals surface area contributed by atoms with E-state index in [0.29, 0.717) is 24.8 Å². The van der Waals surface area contributed by atoms with E-state index in [1.807, 2.05) is 0 Å². The lowest BCUT2D eigenvalue weighted by Gasteiger charge is -2.31. The maximum atomic E-state index is 13.6. The third-order valence-corrected chi connectivity index (χ3v) is 5.56. The summed E-state index contributed by atoms with van der Waals surface area (Å²) in [6.45, 7) is 0. The first-order valence-electron chi connectivity index (χ1n) is 8.83. The molecule has 2 N–H and O–H groups in total.